The van der Waals surface area contributed by atoms with Crippen molar-refractivity contribution in [1.82, 2.24) is 14.1 Å². The van der Waals surface area contributed by atoms with E-state index in [1.165, 1.54) is 0 Å². The van der Waals surface area contributed by atoms with Crippen molar-refractivity contribution in [2.75, 3.05) is 66.1 Å². The molecule has 1 N–H and O–H groups in total. The zero-order valence-corrected chi connectivity index (χ0v) is 25.0. The number of likely N-dealkylation sites (tertiary alicyclic amines) is 1. The van der Waals surface area contributed by atoms with Gasteiger partial charge in [0.1, 0.15) is 12.4 Å². The highest BCUT2D eigenvalue weighted by Gasteiger charge is 2.34. The summed E-state index contributed by atoms with van der Waals surface area (Å²) >= 11 is 0. The van der Waals surface area contributed by atoms with Crippen molar-refractivity contribution in [2.45, 2.75) is 50.5 Å². The summed E-state index contributed by atoms with van der Waals surface area (Å²) in [6.07, 6.45) is 1.70. The van der Waals surface area contributed by atoms with Crippen molar-refractivity contribution in [1.29, 1.82) is 0 Å². The average molecular weight is 574 g/mol. The lowest BCUT2D eigenvalue weighted by Gasteiger charge is -2.38. The predicted octanol–water partition coefficient (Wildman–Crippen LogP) is 2.54. The minimum absolute atomic E-state index is 0.0147. The van der Waals surface area contributed by atoms with Crippen LogP contribution in [0.3, 0.4) is 0 Å². The Morgan fingerprint density at radius 1 is 0.975 bits per heavy atom. The van der Waals surface area contributed by atoms with E-state index in [1.807, 2.05) is 51.1 Å². The van der Waals surface area contributed by atoms with Gasteiger partial charge >= 0.3 is 0 Å². The number of methoxy groups -OCH3 is 1. The van der Waals surface area contributed by atoms with E-state index < -0.39 is 15.6 Å². The van der Waals surface area contributed by atoms with Gasteiger partial charge in [-0.2, -0.15) is 4.31 Å². The number of carbonyl (C=O) groups excluding carboxylic acids is 1. The number of carbonyl (C=O) groups is 1. The first kappa shape index (κ1) is 30.5. The second-order valence-electron chi connectivity index (χ2n) is 11.0. The number of rotatable bonds is 10. The highest BCUT2D eigenvalue weighted by atomic mass is 32.2. The standard InChI is InChI=1S/C30H43N3O6S/c1-23-20-27(38-4)24(2)25(3)29(23)40(36,37)33-16-14-31(15-17-33)18-19-39-22-28(34)32-12-10-30(35,11-13-32)21-26-8-6-5-7-9-26/h5-9,20,35H,10-19,21-22H2,1-4H3. The molecule has 2 fully saturated rings. The summed E-state index contributed by atoms with van der Waals surface area (Å²) in [6, 6.07) is 11.7. The van der Waals surface area contributed by atoms with Crippen molar-refractivity contribution < 1.29 is 27.8 Å². The maximum atomic E-state index is 13.5. The van der Waals surface area contributed by atoms with Crippen LogP contribution in [0.5, 0.6) is 5.75 Å². The van der Waals surface area contributed by atoms with Crippen molar-refractivity contribution in [3.63, 3.8) is 0 Å². The number of hydrogen-bond acceptors (Lipinski definition) is 7. The monoisotopic (exact) mass is 573 g/mol. The summed E-state index contributed by atoms with van der Waals surface area (Å²) < 4.78 is 39.6. The number of piperidine rings is 1. The molecule has 10 heteroatoms. The highest BCUT2D eigenvalue weighted by Crippen LogP contribution is 2.32. The molecule has 1 amide bonds. The third-order valence-electron chi connectivity index (χ3n) is 8.33. The molecule has 40 heavy (non-hydrogen) atoms. The molecule has 0 unspecified atom stereocenters. The molecule has 4 rings (SSSR count). The number of ether oxygens (including phenoxy) is 2. The van der Waals surface area contributed by atoms with Gasteiger partial charge in [-0.25, -0.2) is 8.42 Å². The third-order valence-corrected chi connectivity index (χ3v) is 10.5. The summed E-state index contributed by atoms with van der Waals surface area (Å²) in [5, 5.41) is 11.0. The molecule has 2 aromatic carbocycles. The van der Waals surface area contributed by atoms with Gasteiger partial charge in [0.2, 0.25) is 15.9 Å². The lowest BCUT2D eigenvalue weighted by atomic mass is 9.85. The summed E-state index contributed by atoms with van der Waals surface area (Å²) in [4.78, 5) is 17.0. The van der Waals surface area contributed by atoms with Crippen molar-refractivity contribution in [2.24, 2.45) is 0 Å². The first-order valence-corrected chi connectivity index (χ1v) is 15.5. The maximum Gasteiger partial charge on any atom is 0.248 e. The van der Waals surface area contributed by atoms with Crippen LogP contribution in [0.25, 0.3) is 0 Å². The molecular formula is C30H43N3O6S. The molecule has 2 heterocycles. The van der Waals surface area contributed by atoms with Gasteiger partial charge in [-0.15, -0.1) is 0 Å². The molecule has 0 aliphatic carbocycles. The molecule has 0 spiro atoms. The van der Waals surface area contributed by atoms with Crippen LogP contribution >= 0.6 is 0 Å². The molecule has 9 nitrogen and oxygen atoms in total. The van der Waals surface area contributed by atoms with Crippen LogP contribution in [0, 0.1) is 20.8 Å². The van der Waals surface area contributed by atoms with E-state index in [2.05, 4.69) is 4.90 Å². The minimum atomic E-state index is -3.62. The van der Waals surface area contributed by atoms with E-state index in [-0.39, 0.29) is 12.5 Å². The number of hydrogen-bond donors (Lipinski definition) is 1. The van der Waals surface area contributed by atoms with E-state index in [1.54, 1.807) is 22.4 Å². The van der Waals surface area contributed by atoms with E-state index >= 15 is 0 Å². The quantitative estimate of drug-likeness (QED) is 0.436. The van der Waals surface area contributed by atoms with Crippen LogP contribution in [-0.2, 0) is 26.0 Å². The lowest BCUT2D eigenvalue weighted by molar-refractivity contribution is -0.140. The third kappa shape index (κ3) is 7.03. The van der Waals surface area contributed by atoms with Gasteiger partial charge in [-0.3, -0.25) is 9.69 Å². The highest BCUT2D eigenvalue weighted by molar-refractivity contribution is 7.89. The summed E-state index contributed by atoms with van der Waals surface area (Å²) in [5.41, 5.74) is 2.58. The Morgan fingerprint density at radius 3 is 2.25 bits per heavy atom. The van der Waals surface area contributed by atoms with Gasteiger partial charge in [0.15, 0.2) is 0 Å². The number of amides is 1. The molecule has 0 bridgehead atoms. The van der Waals surface area contributed by atoms with Crippen LogP contribution in [0.1, 0.15) is 35.1 Å². The normalized spacial score (nSPS) is 18.6. The van der Waals surface area contributed by atoms with E-state index in [0.717, 1.165) is 16.7 Å². The number of aliphatic hydroxyl groups is 1. The fraction of sp³-hybridized carbons (Fsp3) is 0.567. The first-order valence-electron chi connectivity index (χ1n) is 14.0. The van der Waals surface area contributed by atoms with Crippen molar-refractivity contribution in [3.8, 4) is 5.75 Å². The van der Waals surface area contributed by atoms with Crippen LogP contribution in [0.2, 0.25) is 0 Å². The molecule has 2 saturated heterocycles. The number of aryl methyl sites for hydroxylation is 1. The van der Waals surface area contributed by atoms with Gasteiger partial charge in [-0.1, -0.05) is 30.3 Å². The minimum Gasteiger partial charge on any atom is -0.496 e. The fourth-order valence-electron chi connectivity index (χ4n) is 5.72. The molecule has 2 aliphatic heterocycles. The zero-order valence-electron chi connectivity index (χ0n) is 24.2. The molecule has 2 aromatic rings. The Hall–Kier alpha value is -2.50. The Kier molecular flexibility index (Phi) is 9.89. The van der Waals surface area contributed by atoms with Gasteiger partial charge < -0.3 is 19.5 Å². The summed E-state index contributed by atoms with van der Waals surface area (Å²) in [7, 11) is -2.03. The Labute approximate surface area is 238 Å². The summed E-state index contributed by atoms with van der Waals surface area (Å²) in [5.74, 6) is 0.639. The number of benzene rings is 2. The van der Waals surface area contributed by atoms with E-state index in [0.29, 0.717) is 87.9 Å². The second-order valence-corrected chi connectivity index (χ2v) is 12.9. The molecule has 2 aliphatic rings. The maximum absolute atomic E-state index is 13.5. The van der Waals surface area contributed by atoms with Gasteiger partial charge in [0.05, 0.1) is 24.2 Å². The molecular weight excluding hydrogens is 530 g/mol. The van der Waals surface area contributed by atoms with Crippen molar-refractivity contribution in [3.05, 3.63) is 58.7 Å². The predicted molar refractivity (Wildman–Crippen MR) is 154 cm³/mol. The van der Waals surface area contributed by atoms with Gasteiger partial charge in [0.25, 0.3) is 0 Å². The number of nitrogens with zero attached hydrogens (tertiary/aromatic N) is 3. The molecule has 0 aromatic heterocycles. The smallest absolute Gasteiger partial charge is 0.248 e. The van der Waals surface area contributed by atoms with Crippen LogP contribution in [-0.4, -0.2) is 105 Å². The second kappa shape index (κ2) is 13.0. The largest absolute Gasteiger partial charge is 0.496 e. The van der Waals surface area contributed by atoms with Crippen LogP contribution < -0.4 is 4.74 Å². The molecule has 0 radical (unpaired) electrons. The van der Waals surface area contributed by atoms with Crippen LogP contribution in [0.4, 0.5) is 0 Å². The van der Waals surface area contributed by atoms with Crippen LogP contribution in [0.15, 0.2) is 41.3 Å². The Balaban J connectivity index is 1.18. The van der Waals surface area contributed by atoms with Gasteiger partial charge in [-0.05, 0) is 61.9 Å². The Morgan fingerprint density at radius 2 is 1.62 bits per heavy atom. The van der Waals surface area contributed by atoms with E-state index in [4.69, 9.17) is 9.47 Å². The van der Waals surface area contributed by atoms with E-state index in [9.17, 15) is 18.3 Å². The average Bonchev–Trinajstić information content (AvgIpc) is 2.94. The molecule has 0 atom stereocenters. The van der Waals surface area contributed by atoms with Crippen molar-refractivity contribution >= 4 is 15.9 Å². The zero-order chi connectivity index (χ0) is 28.9. The fourth-order valence-corrected chi connectivity index (χ4v) is 7.63. The summed E-state index contributed by atoms with van der Waals surface area (Å²) in [6.45, 7) is 9.66. The van der Waals surface area contributed by atoms with Gasteiger partial charge in [0, 0.05) is 52.2 Å². The molecule has 0 saturated carbocycles. The SMILES string of the molecule is COc1cc(C)c(S(=O)(=O)N2CCN(CCOCC(=O)N3CCC(O)(Cc4ccccc4)CC3)CC2)c(C)c1C. The number of sulfonamides is 1. The Bertz CT molecular complexity index is 1270. The topological polar surface area (TPSA) is 99.6 Å². The number of piperazine rings is 1. The molecule has 220 valence electrons. The lowest BCUT2D eigenvalue weighted by Crippen LogP contribution is -2.50. The first-order chi connectivity index (χ1) is 19.0.